The van der Waals surface area contributed by atoms with Crippen LogP contribution in [0.1, 0.15) is 30.9 Å². The summed E-state index contributed by atoms with van der Waals surface area (Å²) in [7, 11) is 1.93. The summed E-state index contributed by atoms with van der Waals surface area (Å²) >= 11 is 6.04. The maximum absolute atomic E-state index is 6.04. The molecule has 0 aromatic heterocycles. The number of nitrogens with one attached hydrogen (secondary N) is 1. The second-order valence-corrected chi connectivity index (χ2v) is 3.94. The Hall–Kier alpha value is -0.530. The highest BCUT2D eigenvalue weighted by atomic mass is 35.5. The van der Waals surface area contributed by atoms with Gasteiger partial charge < -0.3 is 5.32 Å². The van der Waals surface area contributed by atoms with Crippen molar-refractivity contribution in [2.45, 2.75) is 26.3 Å². The summed E-state index contributed by atoms with van der Waals surface area (Å²) in [5, 5.41) is 3.95. The standard InChI is InChI=1S/C11H16ClN/c1-8(2)9-4-5-11(12)10(6-9)7-13-3/h4-6,8,13H,7H2,1-3H3. The molecule has 0 saturated carbocycles. The van der Waals surface area contributed by atoms with Gasteiger partial charge in [-0.05, 0) is 30.2 Å². The fourth-order valence-electron chi connectivity index (χ4n) is 1.28. The predicted molar refractivity (Wildman–Crippen MR) is 58.3 cm³/mol. The number of hydrogen-bond donors (Lipinski definition) is 1. The highest BCUT2D eigenvalue weighted by Gasteiger charge is 2.03. The molecule has 0 atom stereocenters. The fourth-order valence-corrected chi connectivity index (χ4v) is 1.46. The SMILES string of the molecule is CNCc1cc(C(C)C)ccc1Cl. The van der Waals surface area contributed by atoms with Gasteiger partial charge in [0, 0.05) is 11.6 Å². The Morgan fingerprint density at radius 2 is 2.08 bits per heavy atom. The van der Waals surface area contributed by atoms with Crippen LogP contribution in [0.3, 0.4) is 0 Å². The lowest BCUT2D eigenvalue weighted by molar-refractivity contribution is 0.807. The van der Waals surface area contributed by atoms with Gasteiger partial charge in [0.25, 0.3) is 0 Å². The average molecular weight is 198 g/mol. The molecule has 0 unspecified atom stereocenters. The van der Waals surface area contributed by atoms with Crippen LogP contribution in [0.25, 0.3) is 0 Å². The third kappa shape index (κ3) is 2.71. The topological polar surface area (TPSA) is 12.0 Å². The van der Waals surface area contributed by atoms with Gasteiger partial charge >= 0.3 is 0 Å². The van der Waals surface area contributed by atoms with Crippen LogP contribution in [0.4, 0.5) is 0 Å². The summed E-state index contributed by atoms with van der Waals surface area (Å²) in [6.45, 7) is 5.21. The molecule has 1 rings (SSSR count). The van der Waals surface area contributed by atoms with E-state index in [1.807, 2.05) is 13.1 Å². The van der Waals surface area contributed by atoms with Crippen molar-refractivity contribution < 1.29 is 0 Å². The molecule has 0 heterocycles. The minimum atomic E-state index is 0.563. The molecule has 0 saturated heterocycles. The van der Waals surface area contributed by atoms with Crippen molar-refractivity contribution in [3.8, 4) is 0 Å². The first-order chi connectivity index (χ1) is 6.15. The molecule has 0 aliphatic heterocycles. The molecule has 13 heavy (non-hydrogen) atoms. The summed E-state index contributed by atoms with van der Waals surface area (Å²) in [5.74, 6) is 0.563. The third-order valence-electron chi connectivity index (χ3n) is 2.10. The first-order valence-corrected chi connectivity index (χ1v) is 4.96. The first-order valence-electron chi connectivity index (χ1n) is 4.58. The molecule has 1 aromatic carbocycles. The normalized spacial score (nSPS) is 10.8. The Morgan fingerprint density at radius 1 is 1.38 bits per heavy atom. The predicted octanol–water partition coefficient (Wildman–Crippen LogP) is 3.18. The third-order valence-corrected chi connectivity index (χ3v) is 2.47. The second-order valence-electron chi connectivity index (χ2n) is 3.54. The Bertz CT molecular complexity index is 281. The summed E-state index contributed by atoms with van der Waals surface area (Å²) < 4.78 is 0. The van der Waals surface area contributed by atoms with Crippen LogP contribution in [0.5, 0.6) is 0 Å². The fraction of sp³-hybridized carbons (Fsp3) is 0.455. The van der Waals surface area contributed by atoms with Gasteiger partial charge in [-0.2, -0.15) is 0 Å². The number of benzene rings is 1. The van der Waals surface area contributed by atoms with Crippen LogP contribution in [0, 0.1) is 0 Å². The zero-order valence-electron chi connectivity index (χ0n) is 8.39. The summed E-state index contributed by atoms with van der Waals surface area (Å²) in [6.07, 6.45) is 0. The van der Waals surface area contributed by atoms with Gasteiger partial charge in [-0.1, -0.05) is 37.6 Å². The zero-order valence-corrected chi connectivity index (χ0v) is 9.15. The molecule has 2 heteroatoms. The van der Waals surface area contributed by atoms with Gasteiger partial charge in [0.05, 0.1) is 0 Å². The van der Waals surface area contributed by atoms with Crippen molar-refractivity contribution in [1.29, 1.82) is 0 Å². The van der Waals surface area contributed by atoms with E-state index >= 15 is 0 Å². The van der Waals surface area contributed by atoms with Gasteiger partial charge in [0.1, 0.15) is 0 Å². The highest BCUT2D eigenvalue weighted by molar-refractivity contribution is 6.31. The van der Waals surface area contributed by atoms with Gasteiger partial charge in [0.2, 0.25) is 0 Å². The summed E-state index contributed by atoms with van der Waals surface area (Å²) in [5.41, 5.74) is 2.52. The van der Waals surface area contributed by atoms with Crippen molar-refractivity contribution in [2.24, 2.45) is 0 Å². The Balaban J connectivity index is 2.97. The molecule has 0 fully saturated rings. The maximum atomic E-state index is 6.04. The molecule has 1 nitrogen and oxygen atoms in total. The van der Waals surface area contributed by atoms with E-state index < -0.39 is 0 Å². The lowest BCUT2D eigenvalue weighted by Gasteiger charge is -2.09. The summed E-state index contributed by atoms with van der Waals surface area (Å²) in [6, 6.07) is 6.24. The van der Waals surface area contributed by atoms with Crippen molar-refractivity contribution >= 4 is 11.6 Å². The molecule has 1 aromatic rings. The van der Waals surface area contributed by atoms with Gasteiger partial charge in [0.15, 0.2) is 0 Å². The van der Waals surface area contributed by atoms with Gasteiger partial charge in [-0.25, -0.2) is 0 Å². The molecule has 0 aliphatic rings. The van der Waals surface area contributed by atoms with Crippen LogP contribution in [-0.2, 0) is 6.54 Å². The second kappa shape index (κ2) is 4.64. The molecule has 0 radical (unpaired) electrons. The van der Waals surface area contributed by atoms with Crippen LogP contribution in [0.2, 0.25) is 5.02 Å². The molecular weight excluding hydrogens is 182 g/mol. The quantitative estimate of drug-likeness (QED) is 0.785. The van der Waals surface area contributed by atoms with Crippen LogP contribution in [-0.4, -0.2) is 7.05 Å². The zero-order chi connectivity index (χ0) is 9.84. The van der Waals surface area contributed by atoms with E-state index in [0.717, 1.165) is 11.6 Å². The highest BCUT2D eigenvalue weighted by Crippen LogP contribution is 2.22. The smallest absolute Gasteiger partial charge is 0.0451 e. The van der Waals surface area contributed by atoms with E-state index in [9.17, 15) is 0 Å². The van der Waals surface area contributed by atoms with Crippen LogP contribution < -0.4 is 5.32 Å². The van der Waals surface area contributed by atoms with E-state index in [0.29, 0.717) is 5.92 Å². The Labute approximate surface area is 85.1 Å². The van der Waals surface area contributed by atoms with Crippen molar-refractivity contribution in [1.82, 2.24) is 5.32 Å². The molecule has 1 N–H and O–H groups in total. The summed E-state index contributed by atoms with van der Waals surface area (Å²) in [4.78, 5) is 0. The largest absolute Gasteiger partial charge is 0.316 e. The maximum Gasteiger partial charge on any atom is 0.0451 e. The minimum absolute atomic E-state index is 0.563. The van der Waals surface area contributed by atoms with E-state index in [2.05, 4.69) is 31.3 Å². The van der Waals surface area contributed by atoms with E-state index in [-0.39, 0.29) is 0 Å². The minimum Gasteiger partial charge on any atom is -0.316 e. The van der Waals surface area contributed by atoms with Gasteiger partial charge in [-0.3, -0.25) is 0 Å². The van der Waals surface area contributed by atoms with Crippen molar-refractivity contribution in [3.05, 3.63) is 34.3 Å². The molecule has 0 spiro atoms. The first kappa shape index (κ1) is 10.6. The Kier molecular flexibility index (Phi) is 3.76. The van der Waals surface area contributed by atoms with Crippen molar-refractivity contribution in [3.63, 3.8) is 0 Å². The van der Waals surface area contributed by atoms with E-state index in [4.69, 9.17) is 11.6 Å². The Morgan fingerprint density at radius 3 is 2.62 bits per heavy atom. The van der Waals surface area contributed by atoms with E-state index in [1.165, 1.54) is 11.1 Å². The lowest BCUT2D eigenvalue weighted by Crippen LogP contribution is -2.06. The number of hydrogen-bond acceptors (Lipinski definition) is 1. The average Bonchev–Trinajstić information content (AvgIpc) is 2.08. The number of rotatable bonds is 3. The molecule has 0 bridgehead atoms. The molecule has 0 aliphatic carbocycles. The molecule has 72 valence electrons. The molecular formula is C11H16ClN. The van der Waals surface area contributed by atoms with Crippen LogP contribution >= 0.6 is 11.6 Å². The van der Waals surface area contributed by atoms with Gasteiger partial charge in [-0.15, -0.1) is 0 Å². The van der Waals surface area contributed by atoms with Crippen molar-refractivity contribution in [2.75, 3.05) is 7.05 Å². The lowest BCUT2D eigenvalue weighted by atomic mass is 10.0. The number of halogens is 1. The molecule has 0 amide bonds. The van der Waals surface area contributed by atoms with Crippen LogP contribution in [0.15, 0.2) is 18.2 Å². The van der Waals surface area contributed by atoms with E-state index in [1.54, 1.807) is 0 Å². The monoisotopic (exact) mass is 197 g/mol.